The highest BCUT2D eigenvalue weighted by Crippen LogP contribution is 2.19. The van der Waals surface area contributed by atoms with E-state index >= 15 is 0 Å². The van der Waals surface area contributed by atoms with Crippen molar-refractivity contribution < 1.29 is 14.6 Å². The van der Waals surface area contributed by atoms with Crippen LogP contribution in [-0.2, 0) is 9.53 Å². The van der Waals surface area contributed by atoms with Gasteiger partial charge in [0.25, 0.3) is 0 Å². The van der Waals surface area contributed by atoms with Crippen LogP contribution in [0, 0.1) is 0 Å². The minimum Gasteiger partial charge on any atom is -0.480 e. The predicted octanol–water partition coefficient (Wildman–Crippen LogP) is 2.11. The molecule has 5 nitrogen and oxygen atoms in total. The number of ether oxygens (including phenoxy) is 1. The lowest BCUT2D eigenvalue weighted by molar-refractivity contribution is -0.145. The van der Waals surface area contributed by atoms with Crippen molar-refractivity contribution >= 4 is 5.97 Å². The fraction of sp³-hybridized carbons (Fsp3) is 0.938. The second kappa shape index (κ2) is 9.38. The van der Waals surface area contributed by atoms with Gasteiger partial charge in [-0.3, -0.25) is 4.79 Å². The Labute approximate surface area is 129 Å². The lowest BCUT2D eigenvalue weighted by Crippen LogP contribution is -2.52. The summed E-state index contributed by atoms with van der Waals surface area (Å²) in [5.41, 5.74) is -0.763. The number of carbonyl (C=O) groups is 1. The number of hydrogen-bond donors (Lipinski definition) is 2. The third-order valence-corrected chi connectivity index (χ3v) is 4.41. The van der Waals surface area contributed by atoms with Crippen LogP contribution in [0.2, 0.25) is 0 Å². The molecular formula is C16H32N2O3. The van der Waals surface area contributed by atoms with E-state index in [1.165, 1.54) is 0 Å². The van der Waals surface area contributed by atoms with Crippen molar-refractivity contribution in [3.05, 3.63) is 0 Å². The van der Waals surface area contributed by atoms with Gasteiger partial charge < -0.3 is 20.1 Å². The molecule has 0 aromatic carbocycles. The fourth-order valence-electron chi connectivity index (χ4n) is 2.97. The van der Waals surface area contributed by atoms with Crippen LogP contribution < -0.4 is 5.32 Å². The van der Waals surface area contributed by atoms with Crippen LogP contribution in [-0.4, -0.2) is 60.9 Å². The summed E-state index contributed by atoms with van der Waals surface area (Å²) in [6, 6.07) is 0. The van der Waals surface area contributed by atoms with Gasteiger partial charge in [0.1, 0.15) is 5.54 Å². The second-order valence-electron chi connectivity index (χ2n) is 6.17. The first-order valence-corrected chi connectivity index (χ1v) is 8.32. The van der Waals surface area contributed by atoms with Gasteiger partial charge in [-0.05, 0) is 58.7 Å². The molecule has 2 atom stereocenters. The molecule has 1 aliphatic rings. The van der Waals surface area contributed by atoms with E-state index in [0.29, 0.717) is 18.9 Å². The first kappa shape index (κ1) is 18.4. The molecule has 21 heavy (non-hydrogen) atoms. The molecule has 1 rings (SSSR count). The van der Waals surface area contributed by atoms with Crippen LogP contribution in [0.3, 0.4) is 0 Å². The van der Waals surface area contributed by atoms with E-state index in [1.807, 2.05) is 6.92 Å². The summed E-state index contributed by atoms with van der Waals surface area (Å²) in [5, 5.41) is 12.8. The Hall–Kier alpha value is -0.650. The quantitative estimate of drug-likeness (QED) is 0.612. The molecule has 1 saturated heterocycles. The Morgan fingerprint density at radius 3 is 2.76 bits per heavy atom. The highest BCUT2D eigenvalue weighted by atomic mass is 16.5. The number of likely N-dealkylation sites (N-methyl/N-ethyl adjacent to an activating group) is 1. The van der Waals surface area contributed by atoms with Crippen LogP contribution in [0.25, 0.3) is 0 Å². The number of nitrogens with one attached hydrogen (secondary N) is 1. The number of rotatable bonds is 11. The number of carboxylic acid groups (broad SMARTS) is 1. The summed E-state index contributed by atoms with van der Waals surface area (Å²) in [4.78, 5) is 13.9. The fourth-order valence-corrected chi connectivity index (χ4v) is 2.97. The maximum Gasteiger partial charge on any atom is 0.323 e. The van der Waals surface area contributed by atoms with Gasteiger partial charge in [0.15, 0.2) is 0 Å². The number of nitrogens with zero attached hydrogens (tertiary/aromatic N) is 1. The summed E-state index contributed by atoms with van der Waals surface area (Å²) < 4.78 is 5.64. The zero-order chi connectivity index (χ0) is 15.7. The largest absolute Gasteiger partial charge is 0.480 e. The molecule has 0 aromatic heterocycles. The third-order valence-electron chi connectivity index (χ3n) is 4.41. The van der Waals surface area contributed by atoms with Gasteiger partial charge in [-0.15, -0.1) is 0 Å². The zero-order valence-corrected chi connectivity index (χ0v) is 13.9. The van der Waals surface area contributed by atoms with Gasteiger partial charge in [-0.1, -0.05) is 13.8 Å². The molecule has 0 aliphatic carbocycles. The van der Waals surface area contributed by atoms with E-state index in [0.717, 1.165) is 51.9 Å². The molecule has 1 aliphatic heterocycles. The molecule has 0 spiro atoms. The summed E-state index contributed by atoms with van der Waals surface area (Å²) in [6.07, 6.45) is 5.82. The topological polar surface area (TPSA) is 61.8 Å². The SMILES string of the molecule is CCCNC(CC)(CCCN(C)CC1CCCO1)C(=O)O. The average molecular weight is 300 g/mol. The zero-order valence-electron chi connectivity index (χ0n) is 13.9. The summed E-state index contributed by atoms with van der Waals surface area (Å²) in [6.45, 7) is 7.53. The standard InChI is InChI=1S/C16H32N2O3/c1-4-10-17-16(5-2,15(19)20)9-7-11-18(3)13-14-8-6-12-21-14/h14,17H,4-13H2,1-3H3,(H,19,20). The molecule has 0 radical (unpaired) electrons. The lowest BCUT2D eigenvalue weighted by atomic mass is 9.90. The monoisotopic (exact) mass is 300 g/mol. The molecule has 0 amide bonds. The Kier molecular flexibility index (Phi) is 8.22. The molecular weight excluding hydrogens is 268 g/mol. The minimum atomic E-state index is -0.763. The van der Waals surface area contributed by atoms with Crippen molar-refractivity contribution in [2.45, 2.75) is 64.0 Å². The summed E-state index contributed by atoms with van der Waals surface area (Å²) in [5.74, 6) is -0.722. The highest BCUT2D eigenvalue weighted by molar-refractivity contribution is 5.78. The van der Waals surface area contributed by atoms with E-state index < -0.39 is 11.5 Å². The Balaban J connectivity index is 2.35. The Morgan fingerprint density at radius 2 is 2.24 bits per heavy atom. The molecule has 2 unspecified atom stereocenters. The first-order chi connectivity index (χ1) is 10.0. The maximum atomic E-state index is 11.6. The lowest BCUT2D eigenvalue weighted by Gasteiger charge is -2.30. The van der Waals surface area contributed by atoms with E-state index in [4.69, 9.17) is 4.74 Å². The van der Waals surface area contributed by atoms with Crippen LogP contribution >= 0.6 is 0 Å². The molecule has 0 saturated carbocycles. The van der Waals surface area contributed by atoms with Gasteiger partial charge in [0.2, 0.25) is 0 Å². The van der Waals surface area contributed by atoms with Crippen molar-refractivity contribution in [2.24, 2.45) is 0 Å². The van der Waals surface area contributed by atoms with Gasteiger partial charge >= 0.3 is 5.97 Å². The third kappa shape index (κ3) is 5.93. The van der Waals surface area contributed by atoms with Crippen molar-refractivity contribution in [1.82, 2.24) is 10.2 Å². The normalized spacial score (nSPS) is 21.6. The number of hydrogen-bond acceptors (Lipinski definition) is 4. The van der Waals surface area contributed by atoms with Crippen molar-refractivity contribution in [1.29, 1.82) is 0 Å². The highest BCUT2D eigenvalue weighted by Gasteiger charge is 2.35. The number of carboxylic acids is 1. The van der Waals surface area contributed by atoms with Gasteiger partial charge in [-0.2, -0.15) is 0 Å². The van der Waals surface area contributed by atoms with Crippen LogP contribution in [0.5, 0.6) is 0 Å². The molecule has 0 aromatic rings. The second-order valence-corrected chi connectivity index (χ2v) is 6.17. The van der Waals surface area contributed by atoms with Gasteiger partial charge in [0.05, 0.1) is 6.10 Å². The molecule has 5 heteroatoms. The summed E-state index contributed by atoms with van der Waals surface area (Å²) >= 11 is 0. The first-order valence-electron chi connectivity index (χ1n) is 8.32. The Morgan fingerprint density at radius 1 is 1.48 bits per heavy atom. The molecule has 0 bridgehead atoms. The van der Waals surface area contributed by atoms with Gasteiger partial charge in [0, 0.05) is 13.2 Å². The van der Waals surface area contributed by atoms with Crippen LogP contribution in [0.15, 0.2) is 0 Å². The number of aliphatic carboxylic acids is 1. The Bertz CT molecular complexity index is 306. The van der Waals surface area contributed by atoms with E-state index in [2.05, 4.69) is 24.2 Å². The van der Waals surface area contributed by atoms with Crippen molar-refractivity contribution in [3.63, 3.8) is 0 Å². The van der Waals surface area contributed by atoms with E-state index in [1.54, 1.807) is 0 Å². The molecule has 2 N–H and O–H groups in total. The predicted molar refractivity (Wildman–Crippen MR) is 84.7 cm³/mol. The van der Waals surface area contributed by atoms with Crippen molar-refractivity contribution in [3.8, 4) is 0 Å². The van der Waals surface area contributed by atoms with E-state index in [-0.39, 0.29) is 0 Å². The molecule has 124 valence electrons. The maximum absolute atomic E-state index is 11.6. The summed E-state index contributed by atoms with van der Waals surface area (Å²) in [7, 11) is 2.09. The average Bonchev–Trinajstić information content (AvgIpc) is 2.95. The van der Waals surface area contributed by atoms with E-state index in [9.17, 15) is 9.90 Å². The van der Waals surface area contributed by atoms with Crippen LogP contribution in [0.1, 0.15) is 52.4 Å². The minimum absolute atomic E-state index is 0.364. The molecule has 1 heterocycles. The van der Waals surface area contributed by atoms with Gasteiger partial charge in [-0.25, -0.2) is 0 Å². The smallest absolute Gasteiger partial charge is 0.323 e. The van der Waals surface area contributed by atoms with Crippen LogP contribution in [0.4, 0.5) is 0 Å². The van der Waals surface area contributed by atoms with Crippen molar-refractivity contribution in [2.75, 3.05) is 33.3 Å². The molecule has 1 fully saturated rings.